The Morgan fingerprint density at radius 2 is 2.00 bits per heavy atom. The third-order valence-electron chi connectivity index (χ3n) is 6.56. The molecule has 1 N–H and O–H groups in total. The van der Waals surface area contributed by atoms with Crippen LogP contribution in [-0.2, 0) is 30.5 Å². The van der Waals surface area contributed by atoms with Crippen molar-refractivity contribution in [3.8, 4) is 0 Å². The fourth-order valence-corrected chi connectivity index (χ4v) is 5.96. The second kappa shape index (κ2) is 9.83. The monoisotopic (exact) mass is 522 g/mol. The molecule has 0 bridgehead atoms. The number of nitrogens with one attached hydrogen (secondary N) is 1. The van der Waals surface area contributed by atoms with E-state index in [1.165, 1.54) is 4.88 Å². The molecular formula is C23H29F3N8OS. The van der Waals surface area contributed by atoms with Crippen molar-refractivity contribution < 1.29 is 18.0 Å². The summed E-state index contributed by atoms with van der Waals surface area (Å²) in [5.41, 5.74) is 0. The minimum absolute atomic E-state index is 0.0463. The number of thiophene rings is 1. The number of likely N-dealkylation sites (tertiary alicyclic amines) is 1. The van der Waals surface area contributed by atoms with Crippen molar-refractivity contribution >= 4 is 39.2 Å². The smallest absolute Gasteiger partial charge is 0.350 e. The minimum Gasteiger partial charge on any atom is -0.350 e. The lowest BCUT2D eigenvalue weighted by Gasteiger charge is -2.29. The molecule has 1 saturated heterocycles. The molecule has 1 atom stereocenters. The van der Waals surface area contributed by atoms with E-state index in [2.05, 4.69) is 28.5 Å². The molecule has 2 aliphatic rings. The molecule has 0 aromatic carbocycles. The highest BCUT2D eigenvalue weighted by Crippen LogP contribution is 2.35. The first-order valence-corrected chi connectivity index (χ1v) is 13.2. The first kappa shape index (κ1) is 24.7. The number of alkyl halides is 3. The molecular weight excluding hydrogens is 493 g/mol. The SMILES string of the molecule is CCCC(=O)N1CCC(Nc2nc(N3CCn4c(nnc4C(F)(F)F)C3)c3cc(CCC)sc3n2)C1. The highest BCUT2D eigenvalue weighted by Gasteiger charge is 2.40. The van der Waals surface area contributed by atoms with Crippen molar-refractivity contribution in [2.24, 2.45) is 0 Å². The number of rotatable bonds is 7. The Labute approximate surface area is 210 Å². The molecule has 3 aromatic rings. The van der Waals surface area contributed by atoms with E-state index < -0.39 is 12.0 Å². The number of fused-ring (bicyclic) bond motifs is 2. The molecule has 0 spiro atoms. The molecule has 13 heteroatoms. The largest absolute Gasteiger partial charge is 0.451 e. The fraction of sp³-hybridized carbons (Fsp3) is 0.609. The van der Waals surface area contributed by atoms with Crippen molar-refractivity contribution in [2.45, 2.75) is 71.3 Å². The van der Waals surface area contributed by atoms with E-state index in [4.69, 9.17) is 9.97 Å². The van der Waals surface area contributed by atoms with Gasteiger partial charge in [0.25, 0.3) is 0 Å². The third-order valence-corrected chi connectivity index (χ3v) is 7.65. The molecule has 5 rings (SSSR count). The van der Waals surface area contributed by atoms with Crippen LogP contribution in [0.25, 0.3) is 10.2 Å². The summed E-state index contributed by atoms with van der Waals surface area (Å²) in [6.45, 7) is 6.06. The van der Waals surface area contributed by atoms with E-state index in [1.807, 2.05) is 16.7 Å². The molecule has 36 heavy (non-hydrogen) atoms. The number of nitrogens with zero attached hydrogens (tertiary/aromatic N) is 7. The average Bonchev–Trinajstić information content (AvgIpc) is 3.56. The summed E-state index contributed by atoms with van der Waals surface area (Å²) >= 11 is 1.61. The van der Waals surface area contributed by atoms with E-state index in [1.54, 1.807) is 11.3 Å². The van der Waals surface area contributed by atoms with E-state index in [9.17, 15) is 18.0 Å². The molecule has 1 amide bonds. The number of aromatic nitrogens is 5. The summed E-state index contributed by atoms with van der Waals surface area (Å²) in [5, 5.41) is 11.5. The van der Waals surface area contributed by atoms with Crippen LogP contribution in [0.5, 0.6) is 0 Å². The van der Waals surface area contributed by atoms with Crippen molar-refractivity contribution in [1.29, 1.82) is 0 Å². The van der Waals surface area contributed by atoms with Gasteiger partial charge in [0.1, 0.15) is 10.6 Å². The van der Waals surface area contributed by atoms with Gasteiger partial charge >= 0.3 is 6.18 Å². The number of hydrogen-bond donors (Lipinski definition) is 1. The van der Waals surface area contributed by atoms with Gasteiger partial charge in [-0.25, -0.2) is 4.98 Å². The summed E-state index contributed by atoms with van der Waals surface area (Å²) in [6.07, 6.45) is -0.442. The number of aryl methyl sites for hydroxylation is 1. The number of amides is 1. The topological polar surface area (TPSA) is 92.1 Å². The average molecular weight is 523 g/mol. The van der Waals surface area contributed by atoms with Crippen LogP contribution >= 0.6 is 11.3 Å². The predicted octanol–water partition coefficient (Wildman–Crippen LogP) is 4.09. The first-order valence-electron chi connectivity index (χ1n) is 12.4. The van der Waals surface area contributed by atoms with Gasteiger partial charge in [-0.05, 0) is 25.3 Å². The van der Waals surface area contributed by atoms with E-state index >= 15 is 0 Å². The van der Waals surface area contributed by atoms with Crippen LogP contribution in [0.4, 0.5) is 24.9 Å². The zero-order chi connectivity index (χ0) is 25.4. The lowest BCUT2D eigenvalue weighted by molar-refractivity contribution is -0.147. The number of carbonyl (C=O) groups is 1. The van der Waals surface area contributed by atoms with Crippen molar-refractivity contribution in [3.05, 3.63) is 22.6 Å². The summed E-state index contributed by atoms with van der Waals surface area (Å²) in [7, 11) is 0. The van der Waals surface area contributed by atoms with E-state index in [0.29, 0.717) is 37.8 Å². The Morgan fingerprint density at radius 3 is 2.75 bits per heavy atom. The lowest BCUT2D eigenvalue weighted by atomic mass is 10.2. The predicted molar refractivity (Wildman–Crippen MR) is 131 cm³/mol. The van der Waals surface area contributed by atoms with Gasteiger partial charge < -0.3 is 19.7 Å². The minimum atomic E-state index is -4.54. The van der Waals surface area contributed by atoms with Crippen LogP contribution in [0, 0.1) is 0 Å². The quantitative estimate of drug-likeness (QED) is 0.500. The molecule has 194 valence electrons. The Kier molecular flexibility index (Phi) is 6.75. The van der Waals surface area contributed by atoms with Gasteiger partial charge in [0.2, 0.25) is 17.7 Å². The second-order valence-corrected chi connectivity index (χ2v) is 10.4. The van der Waals surface area contributed by atoms with Crippen LogP contribution in [0.2, 0.25) is 0 Å². The maximum Gasteiger partial charge on any atom is 0.451 e. The van der Waals surface area contributed by atoms with Crippen LogP contribution in [0.1, 0.15) is 56.1 Å². The highest BCUT2D eigenvalue weighted by molar-refractivity contribution is 7.18. The zero-order valence-corrected chi connectivity index (χ0v) is 21.1. The van der Waals surface area contributed by atoms with Crippen molar-refractivity contribution in [3.63, 3.8) is 0 Å². The molecule has 0 saturated carbocycles. The van der Waals surface area contributed by atoms with Gasteiger partial charge in [0.05, 0.1) is 11.9 Å². The molecule has 1 fully saturated rings. The van der Waals surface area contributed by atoms with Gasteiger partial charge in [0, 0.05) is 43.5 Å². The van der Waals surface area contributed by atoms with Crippen molar-refractivity contribution in [2.75, 3.05) is 29.9 Å². The van der Waals surface area contributed by atoms with Gasteiger partial charge in [-0.2, -0.15) is 18.2 Å². The summed E-state index contributed by atoms with van der Waals surface area (Å²) in [6, 6.07) is 2.13. The fourth-order valence-electron chi connectivity index (χ4n) is 4.84. The summed E-state index contributed by atoms with van der Waals surface area (Å²) in [4.78, 5) is 27.7. The lowest BCUT2D eigenvalue weighted by Crippen LogP contribution is -2.36. The molecule has 3 aromatic heterocycles. The number of carbonyl (C=O) groups excluding carboxylic acids is 1. The maximum atomic E-state index is 13.3. The third kappa shape index (κ3) is 4.84. The van der Waals surface area contributed by atoms with Gasteiger partial charge in [-0.3, -0.25) is 4.79 Å². The first-order chi connectivity index (χ1) is 17.3. The molecule has 5 heterocycles. The normalized spacial score (nSPS) is 18.2. The van der Waals surface area contributed by atoms with Crippen LogP contribution < -0.4 is 10.2 Å². The number of anilines is 2. The molecule has 1 unspecified atom stereocenters. The van der Waals surface area contributed by atoms with Crippen LogP contribution in [0.15, 0.2) is 6.07 Å². The zero-order valence-electron chi connectivity index (χ0n) is 20.3. The Hall–Kier alpha value is -2.96. The second-order valence-electron chi connectivity index (χ2n) is 9.28. The van der Waals surface area contributed by atoms with Gasteiger partial charge in [-0.15, -0.1) is 21.5 Å². The number of hydrogen-bond acceptors (Lipinski definition) is 8. The Bertz CT molecular complexity index is 1260. The molecule has 0 aliphatic carbocycles. The number of halogens is 3. The van der Waals surface area contributed by atoms with E-state index in [-0.39, 0.29) is 30.9 Å². The van der Waals surface area contributed by atoms with Crippen LogP contribution in [-0.4, -0.2) is 61.2 Å². The standard InChI is InChI=1S/C23H29F3N8OS/c1-3-5-15-11-16-19(33-9-10-34-17(13-33)30-31-21(34)23(24,25)26)28-22(29-20(16)36-15)27-14-7-8-32(12-14)18(35)6-4-2/h11,14H,3-10,12-13H2,1-2H3,(H,27,28,29). The van der Waals surface area contributed by atoms with E-state index in [0.717, 1.165) is 40.5 Å². The van der Waals surface area contributed by atoms with Crippen LogP contribution in [0.3, 0.4) is 0 Å². The van der Waals surface area contributed by atoms with Gasteiger partial charge in [-0.1, -0.05) is 20.3 Å². The Balaban J connectivity index is 1.43. The Morgan fingerprint density at radius 1 is 1.17 bits per heavy atom. The van der Waals surface area contributed by atoms with Crippen molar-refractivity contribution in [1.82, 2.24) is 29.6 Å². The van der Waals surface area contributed by atoms with Gasteiger partial charge in [0.15, 0.2) is 5.82 Å². The molecule has 0 radical (unpaired) electrons. The maximum absolute atomic E-state index is 13.3. The molecule has 9 nitrogen and oxygen atoms in total. The molecule has 2 aliphatic heterocycles. The summed E-state index contributed by atoms with van der Waals surface area (Å²) in [5.74, 6) is 0.620. The summed E-state index contributed by atoms with van der Waals surface area (Å²) < 4.78 is 41.0. The highest BCUT2D eigenvalue weighted by atomic mass is 32.1.